The lowest BCUT2D eigenvalue weighted by Gasteiger charge is -2.25. The molecule has 0 aliphatic carbocycles. The Bertz CT molecular complexity index is 774. The molecule has 1 atom stereocenters. The van der Waals surface area contributed by atoms with E-state index < -0.39 is 29.4 Å². The van der Waals surface area contributed by atoms with Gasteiger partial charge >= 0.3 is 18.2 Å². The second kappa shape index (κ2) is 9.24. The molecule has 2 rings (SSSR count). The molecule has 0 aromatic heterocycles. The Morgan fingerprint density at radius 3 is 2.50 bits per heavy atom. The van der Waals surface area contributed by atoms with E-state index in [4.69, 9.17) is 9.84 Å². The highest BCUT2D eigenvalue weighted by Gasteiger charge is 2.35. The van der Waals surface area contributed by atoms with Crippen LogP contribution in [0.25, 0.3) is 0 Å². The Labute approximate surface area is 174 Å². The molecular formula is C21H29F3N2O4. The molecule has 9 heteroatoms. The van der Waals surface area contributed by atoms with E-state index in [1.807, 2.05) is 4.90 Å². The van der Waals surface area contributed by atoms with Gasteiger partial charge in [0.05, 0.1) is 11.1 Å². The first kappa shape index (κ1) is 24.0. The molecule has 1 aliphatic rings. The van der Waals surface area contributed by atoms with Gasteiger partial charge in [0, 0.05) is 26.7 Å². The van der Waals surface area contributed by atoms with Crippen molar-refractivity contribution < 1.29 is 32.6 Å². The van der Waals surface area contributed by atoms with Crippen molar-refractivity contribution >= 4 is 12.1 Å². The monoisotopic (exact) mass is 430 g/mol. The number of amides is 1. The van der Waals surface area contributed by atoms with E-state index in [0.29, 0.717) is 25.7 Å². The predicted octanol–water partition coefficient (Wildman–Crippen LogP) is 4.48. The second-order valence-electron chi connectivity index (χ2n) is 8.76. The number of halogens is 3. The van der Waals surface area contributed by atoms with Gasteiger partial charge in [-0.15, -0.1) is 0 Å². The zero-order chi connectivity index (χ0) is 22.7. The third-order valence-electron chi connectivity index (χ3n) is 5.00. The van der Waals surface area contributed by atoms with Crippen LogP contribution in [-0.2, 0) is 17.5 Å². The van der Waals surface area contributed by atoms with Crippen LogP contribution in [0, 0.1) is 5.92 Å². The Morgan fingerprint density at radius 2 is 1.93 bits per heavy atom. The van der Waals surface area contributed by atoms with Crippen LogP contribution in [0.4, 0.5) is 18.0 Å². The summed E-state index contributed by atoms with van der Waals surface area (Å²) in [5.74, 6) is -1.12. The number of alkyl halides is 3. The number of rotatable bonds is 6. The number of nitrogens with zero attached hydrogens (tertiary/aromatic N) is 2. The minimum Gasteiger partial charge on any atom is -0.478 e. The third kappa shape index (κ3) is 6.90. The maximum atomic E-state index is 13.4. The summed E-state index contributed by atoms with van der Waals surface area (Å²) in [5, 5.41) is 8.98. The predicted molar refractivity (Wildman–Crippen MR) is 105 cm³/mol. The molecule has 0 bridgehead atoms. The van der Waals surface area contributed by atoms with Crippen LogP contribution in [0.5, 0.6) is 0 Å². The topological polar surface area (TPSA) is 70.1 Å². The van der Waals surface area contributed by atoms with Gasteiger partial charge in [-0.1, -0.05) is 6.07 Å². The van der Waals surface area contributed by atoms with E-state index >= 15 is 0 Å². The lowest BCUT2D eigenvalue weighted by molar-refractivity contribution is -0.138. The summed E-state index contributed by atoms with van der Waals surface area (Å²) >= 11 is 0. The van der Waals surface area contributed by atoms with Gasteiger partial charge in [0.15, 0.2) is 0 Å². The molecule has 1 fully saturated rings. The molecule has 168 valence electrons. The summed E-state index contributed by atoms with van der Waals surface area (Å²) in [5.41, 5.74) is -1.79. The van der Waals surface area contributed by atoms with Gasteiger partial charge in [-0.3, -0.25) is 4.90 Å². The minimum atomic E-state index is -4.62. The fourth-order valence-electron chi connectivity index (χ4n) is 3.45. The van der Waals surface area contributed by atoms with Crippen LogP contribution >= 0.6 is 0 Å². The van der Waals surface area contributed by atoms with Crippen LogP contribution in [0.15, 0.2) is 18.2 Å². The van der Waals surface area contributed by atoms with E-state index in [1.165, 1.54) is 17.0 Å². The SMILES string of the molecule is CN(CC[C@@H]1CCN(Cc2ccc(C(=O)O)cc2C(F)(F)F)C1)C(=O)OC(C)(C)C. The number of benzene rings is 1. The van der Waals surface area contributed by atoms with E-state index in [9.17, 15) is 22.8 Å². The van der Waals surface area contributed by atoms with Crippen molar-refractivity contribution in [1.82, 2.24) is 9.80 Å². The zero-order valence-corrected chi connectivity index (χ0v) is 17.8. The molecule has 1 aliphatic heterocycles. The fraction of sp³-hybridized carbons (Fsp3) is 0.619. The largest absolute Gasteiger partial charge is 0.478 e. The van der Waals surface area contributed by atoms with Crippen LogP contribution < -0.4 is 0 Å². The van der Waals surface area contributed by atoms with Crippen LogP contribution in [0.3, 0.4) is 0 Å². The molecule has 1 aromatic rings. The van der Waals surface area contributed by atoms with Gasteiger partial charge in [-0.25, -0.2) is 9.59 Å². The molecule has 1 heterocycles. The normalized spacial score (nSPS) is 17.8. The summed E-state index contributed by atoms with van der Waals surface area (Å²) in [6.07, 6.45) is -3.45. The first-order chi connectivity index (χ1) is 13.8. The van der Waals surface area contributed by atoms with Crippen molar-refractivity contribution in [2.24, 2.45) is 5.92 Å². The van der Waals surface area contributed by atoms with Gasteiger partial charge in [-0.2, -0.15) is 13.2 Å². The highest BCUT2D eigenvalue weighted by molar-refractivity contribution is 5.88. The van der Waals surface area contributed by atoms with Gasteiger partial charge in [0.1, 0.15) is 5.60 Å². The molecule has 0 saturated carbocycles. The molecule has 6 nitrogen and oxygen atoms in total. The van der Waals surface area contributed by atoms with Crippen LogP contribution in [-0.4, -0.2) is 59.3 Å². The number of aromatic carboxylic acids is 1. The number of hydrogen-bond donors (Lipinski definition) is 1. The van der Waals surface area contributed by atoms with E-state index in [0.717, 1.165) is 12.8 Å². The number of carboxylic acids is 1. The van der Waals surface area contributed by atoms with Crippen molar-refractivity contribution in [3.63, 3.8) is 0 Å². The second-order valence-corrected chi connectivity index (χ2v) is 8.76. The Morgan fingerprint density at radius 1 is 1.27 bits per heavy atom. The maximum Gasteiger partial charge on any atom is 0.416 e. The van der Waals surface area contributed by atoms with Crippen molar-refractivity contribution in [2.75, 3.05) is 26.7 Å². The van der Waals surface area contributed by atoms with Gasteiger partial charge in [0.2, 0.25) is 0 Å². The molecule has 30 heavy (non-hydrogen) atoms. The lowest BCUT2D eigenvalue weighted by Crippen LogP contribution is -2.35. The summed E-state index contributed by atoms with van der Waals surface area (Å²) in [6, 6.07) is 3.15. The Balaban J connectivity index is 1.94. The molecule has 1 N–H and O–H groups in total. The molecule has 1 amide bonds. The lowest BCUT2D eigenvalue weighted by atomic mass is 10.0. The molecule has 0 spiro atoms. The van der Waals surface area contributed by atoms with E-state index in [-0.39, 0.29) is 23.6 Å². The highest BCUT2D eigenvalue weighted by Crippen LogP contribution is 2.34. The van der Waals surface area contributed by atoms with Crippen molar-refractivity contribution in [1.29, 1.82) is 0 Å². The van der Waals surface area contributed by atoms with E-state index in [1.54, 1.807) is 27.8 Å². The number of carbonyl (C=O) groups is 2. The number of carbonyl (C=O) groups excluding carboxylic acids is 1. The Kier molecular flexibility index (Phi) is 7.39. The van der Waals surface area contributed by atoms with Gasteiger partial charge in [0.25, 0.3) is 0 Å². The third-order valence-corrected chi connectivity index (χ3v) is 5.00. The average Bonchev–Trinajstić information content (AvgIpc) is 3.04. The molecular weight excluding hydrogens is 401 g/mol. The molecule has 0 radical (unpaired) electrons. The van der Waals surface area contributed by atoms with Gasteiger partial charge in [-0.05, 0) is 63.8 Å². The standard InChI is InChI=1S/C21H29F3N2O4/c1-20(2,3)30-19(29)25(4)9-7-14-8-10-26(12-14)13-16-6-5-15(18(27)28)11-17(16)21(22,23)24/h5-6,11,14H,7-10,12-13H2,1-4H3,(H,27,28)/t14-/m1/s1. The van der Waals surface area contributed by atoms with E-state index in [2.05, 4.69) is 0 Å². The summed E-state index contributed by atoms with van der Waals surface area (Å²) in [4.78, 5) is 26.5. The van der Waals surface area contributed by atoms with Crippen LogP contribution in [0.1, 0.15) is 55.1 Å². The fourth-order valence-corrected chi connectivity index (χ4v) is 3.45. The number of carboxylic acid groups (broad SMARTS) is 1. The van der Waals surface area contributed by atoms with Crippen molar-refractivity contribution in [2.45, 2.75) is 51.9 Å². The molecule has 0 unspecified atom stereocenters. The van der Waals surface area contributed by atoms with Gasteiger partial charge < -0.3 is 14.7 Å². The number of hydrogen-bond acceptors (Lipinski definition) is 4. The summed E-state index contributed by atoms with van der Waals surface area (Å²) in [6.45, 7) is 7.28. The summed E-state index contributed by atoms with van der Waals surface area (Å²) < 4.78 is 45.5. The first-order valence-electron chi connectivity index (χ1n) is 9.86. The first-order valence-corrected chi connectivity index (χ1v) is 9.86. The quantitative estimate of drug-likeness (QED) is 0.721. The molecule has 1 saturated heterocycles. The van der Waals surface area contributed by atoms with Crippen LogP contribution in [0.2, 0.25) is 0 Å². The Hall–Kier alpha value is -2.29. The highest BCUT2D eigenvalue weighted by atomic mass is 19.4. The maximum absolute atomic E-state index is 13.4. The average molecular weight is 430 g/mol. The summed E-state index contributed by atoms with van der Waals surface area (Å²) in [7, 11) is 1.67. The zero-order valence-electron chi connectivity index (χ0n) is 17.8. The smallest absolute Gasteiger partial charge is 0.416 e. The van der Waals surface area contributed by atoms with Crippen molar-refractivity contribution in [3.8, 4) is 0 Å². The number of ether oxygens (including phenoxy) is 1. The minimum absolute atomic E-state index is 0.0685. The number of likely N-dealkylation sites (tertiary alicyclic amines) is 1. The van der Waals surface area contributed by atoms with Crippen molar-refractivity contribution in [3.05, 3.63) is 34.9 Å². The molecule has 1 aromatic carbocycles.